The van der Waals surface area contributed by atoms with E-state index in [4.69, 9.17) is 10.5 Å². The van der Waals surface area contributed by atoms with Gasteiger partial charge in [-0.2, -0.15) is 0 Å². The Morgan fingerprint density at radius 3 is 2.30 bits per heavy atom. The highest BCUT2D eigenvalue weighted by molar-refractivity contribution is 5.91. The number of rotatable bonds is 8. The predicted molar refractivity (Wildman–Crippen MR) is 112 cm³/mol. The summed E-state index contributed by atoms with van der Waals surface area (Å²) in [5.74, 6) is -0.821. The van der Waals surface area contributed by atoms with Crippen molar-refractivity contribution in [3.63, 3.8) is 0 Å². The van der Waals surface area contributed by atoms with Gasteiger partial charge in [-0.15, -0.1) is 0 Å². The fourth-order valence-corrected chi connectivity index (χ4v) is 3.65. The van der Waals surface area contributed by atoms with Crippen LogP contribution in [0.2, 0.25) is 0 Å². The number of nitrogens with two attached hydrogens (primary N) is 1. The molecule has 158 valence electrons. The third-order valence-electron chi connectivity index (χ3n) is 5.23. The van der Waals surface area contributed by atoms with Crippen LogP contribution in [0.3, 0.4) is 0 Å². The van der Waals surface area contributed by atoms with Crippen molar-refractivity contribution in [1.82, 2.24) is 10.2 Å². The zero-order valence-electron chi connectivity index (χ0n) is 16.8. The Labute approximate surface area is 176 Å². The maximum absolute atomic E-state index is 13.1. The molecule has 30 heavy (non-hydrogen) atoms. The summed E-state index contributed by atoms with van der Waals surface area (Å²) in [7, 11) is 0. The molecule has 2 aromatic carbocycles. The van der Waals surface area contributed by atoms with Crippen LogP contribution in [-0.4, -0.2) is 41.4 Å². The number of nitrogens with zero attached hydrogens (tertiary/aromatic N) is 1. The summed E-state index contributed by atoms with van der Waals surface area (Å²) in [5.41, 5.74) is 7.37. The van der Waals surface area contributed by atoms with Gasteiger partial charge in [0.25, 0.3) is 0 Å². The number of nitrogens with one attached hydrogen (secondary N) is 1. The van der Waals surface area contributed by atoms with Crippen LogP contribution in [0.5, 0.6) is 0 Å². The maximum Gasteiger partial charge on any atom is 0.408 e. The van der Waals surface area contributed by atoms with Gasteiger partial charge < -0.3 is 20.7 Å². The molecule has 2 atom stereocenters. The number of ether oxygens (including phenoxy) is 1. The SMILES string of the molecule is NC(=O)[C@@H]1CCCN1C(=O)[C@H](CCc1ccccc1)NC(=O)OCc1ccccc1. The predicted octanol–water partition coefficient (Wildman–Crippen LogP) is 2.39. The molecule has 1 aliphatic heterocycles. The van der Waals surface area contributed by atoms with E-state index < -0.39 is 24.1 Å². The smallest absolute Gasteiger partial charge is 0.408 e. The molecule has 0 saturated carbocycles. The van der Waals surface area contributed by atoms with E-state index in [1.165, 1.54) is 4.90 Å². The molecular weight excluding hydrogens is 382 g/mol. The van der Waals surface area contributed by atoms with Crippen molar-refractivity contribution in [2.75, 3.05) is 6.54 Å². The van der Waals surface area contributed by atoms with Gasteiger partial charge in [-0.1, -0.05) is 60.7 Å². The first-order chi connectivity index (χ1) is 14.5. The highest BCUT2D eigenvalue weighted by Crippen LogP contribution is 2.19. The van der Waals surface area contributed by atoms with Gasteiger partial charge in [-0.3, -0.25) is 9.59 Å². The summed E-state index contributed by atoms with van der Waals surface area (Å²) < 4.78 is 5.29. The van der Waals surface area contributed by atoms with Gasteiger partial charge in [0.15, 0.2) is 0 Å². The average Bonchev–Trinajstić information content (AvgIpc) is 3.26. The Morgan fingerprint density at radius 2 is 1.67 bits per heavy atom. The monoisotopic (exact) mass is 409 g/mol. The van der Waals surface area contributed by atoms with E-state index in [1.54, 1.807) is 0 Å². The molecule has 2 aromatic rings. The van der Waals surface area contributed by atoms with Crippen LogP contribution in [0.4, 0.5) is 4.79 Å². The minimum absolute atomic E-state index is 0.111. The molecule has 1 saturated heterocycles. The molecular formula is C23H27N3O4. The Bertz CT molecular complexity index is 857. The molecule has 3 rings (SSSR count). The highest BCUT2D eigenvalue weighted by Gasteiger charge is 2.36. The lowest BCUT2D eigenvalue weighted by Crippen LogP contribution is -2.53. The number of carbonyl (C=O) groups excluding carboxylic acids is 3. The van der Waals surface area contributed by atoms with Crippen LogP contribution in [0.25, 0.3) is 0 Å². The second kappa shape index (κ2) is 10.4. The van der Waals surface area contributed by atoms with E-state index in [1.807, 2.05) is 60.7 Å². The summed E-state index contributed by atoms with van der Waals surface area (Å²) in [6, 6.07) is 17.6. The van der Waals surface area contributed by atoms with Crippen molar-refractivity contribution in [3.8, 4) is 0 Å². The first kappa shape index (κ1) is 21.4. The molecule has 7 heteroatoms. The fraction of sp³-hybridized carbons (Fsp3) is 0.348. The van der Waals surface area contributed by atoms with Gasteiger partial charge in [0, 0.05) is 6.54 Å². The Morgan fingerprint density at radius 1 is 1.03 bits per heavy atom. The molecule has 7 nitrogen and oxygen atoms in total. The molecule has 0 spiro atoms. The van der Waals surface area contributed by atoms with E-state index in [-0.39, 0.29) is 12.5 Å². The van der Waals surface area contributed by atoms with E-state index in [2.05, 4.69) is 5.32 Å². The van der Waals surface area contributed by atoms with Crippen molar-refractivity contribution >= 4 is 17.9 Å². The van der Waals surface area contributed by atoms with E-state index in [9.17, 15) is 14.4 Å². The number of hydrogen-bond donors (Lipinski definition) is 2. The number of primary amides is 1. The lowest BCUT2D eigenvalue weighted by Gasteiger charge is -2.27. The normalized spacial score (nSPS) is 16.7. The summed E-state index contributed by atoms with van der Waals surface area (Å²) in [5, 5.41) is 2.69. The molecule has 3 amide bonds. The number of amides is 3. The lowest BCUT2D eigenvalue weighted by molar-refractivity contribution is -0.139. The number of hydrogen-bond acceptors (Lipinski definition) is 4. The van der Waals surface area contributed by atoms with Gasteiger partial charge in [-0.25, -0.2) is 4.79 Å². The molecule has 0 bridgehead atoms. The molecule has 1 heterocycles. The molecule has 0 aromatic heterocycles. The van der Waals surface area contributed by atoms with Crippen LogP contribution in [0, 0.1) is 0 Å². The molecule has 0 radical (unpaired) electrons. The maximum atomic E-state index is 13.1. The Hall–Kier alpha value is -3.35. The van der Waals surface area contributed by atoms with Crippen LogP contribution >= 0.6 is 0 Å². The third-order valence-corrected chi connectivity index (χ3v) is 5.23. The number of carbonyl (C=O) groups is 3. The van der Waals surface area contributed by atoms with Crippen LogP contribution in [0.15, 0.2) is 60.7 Å². The van der Waals surface area contributed by atoms with Gasteiger partial charge in [0.05, 0.1) is 0 Å². The number of aryl methyl sites for hydroxylation is 1. The van der Waals surface area contributed by atoms with Crippen LogP contribution < -0.4 is 11.1 Å². The first-order valence-corrected chi connectivity index (χ1v) is 10.2. The number of benzene rings is 2. The first-order valence-electron chi connectivity index (χ1n) is 10.2. The second-order valence-electron chi connectivity index (χ2n) is 7.37. The largest absolute Gasteiger partial charge is 0.445 e. The molecule has 0 unspecified atom stereocenters. The Balaban J connectivity index is 1.65. The highest BCUT2D eigenvalue weighted by atomic mass is 16.5. The summed E-state index contributed by atoms with van der Waals surface area (Å²) >= 11 is 0. The summed E-state index contributed by atoms with van der Waals surface area (Å²) in [4.78, 5) is 38.7. The Kier molecular flexibility index (Phi) is 7.43. The molecule has 1 aliphatic rings. The number of likely N-dealkylation sites (tertiary alicyclic amines) is 1. The van der Waals surface area contributed by atoms with Crippen molar-refractivity contribution in [2.24, 2.45) is 5.73 Å². The van der Waals surface area contributed by atoms with Crippen LogP contribution in [-0.2, 0) is 27.4 Å². The third kappa shape index (κ3) is 5.83. The fourth-order valence-electron chi connectivity index (χ4n) is 3.65. The van der Waals surface area contributed by atoms with Crippen molar-refractivity contribution in [3.05, 3.63) is 71.8 Å². The quantitative estimate of drug-likeness (QED) is 0.699. The van der Waals surface area contributed by atoms with Crippen molar-refractivity contribution < 1.29 is 19.1 Å². The van der Waals surface area contributed by atoms with E-state index in [0.717, 1.165) is 11.1 Å². The second-order valence-corrected chi connectivity index (χ2v) is 7.37. The summed E-state index contributed by atoms with van der Waals surface area (Å²) in [6.07, 6.45) is 1.59. The van der Waals surface area contributed by atoms with Gasteiger partial charge in [0.1, 0.15) is 18.7 Å². The van der Waals surface area contributed by atoms with E-state index >= 15 is 0 Å². The lowest BCUT2D eigenvalue weighted by atomic mass is 10.0. The zero-order valence-corrected chi connectivity index (χ0v) is 16.8. The molecule has 0 aliphatic carbocycles. The molecule has 3 N–H and O–H groups in total. The van der Waals surface area contributed by atoms with Gasteiger partial charge in [0.2, 0.25) is 11.8 Å². The van der Waals surface area contributed by atoms with Gasteiger partial charge in [-0.05, 0) is 36.8 Å². The van der Waals surface area contributed by atoms with Crippen molar-refractivity contribution in [1.29, 1.82) is 0 Å². The summed E-state index contributed by atoms with van der Waals surface area (Å²) in [6.45, 7) is 0.564. The average molecular weight is 409 g/mol. The number of alkyl carbamates (subject to hydrolysis) is 1. The zero-order chi connectivity index (χ0) is 21.3. The van der Waals surface area contributed by atoms with E-state index in [0.29, 0.717) is 32.2 Å². The van der Waals surface area contributed by atoms with Gasteiger partial charge >= 0.3 is 6.09 Å². The van der Waals surface area contributed by atoms with Crippen LogP contribution in [0.1, 0.15) is 30.4 Å². The minimum Gasteiger partial charge on any atom is -0.445 e. The topological polar surface area (TPSA) is 102 Å². The molecule has 1 fully saturated rings. The minimum atomic E-state index is -0.798. The standard InChI is InChI=1S/C23H27N3O4/c24-21(27)20-12-7-15-26(20)22(28)19(14-13-17-8-3-1-4-9-17)25-23(29)30-16-18-10-5-2-6-11-18/h1-6,8-11,19-20H,7,12-16H2,(H2,24,27)(H,25,29)/t19-,20-/m0/s1. The van der Waals surface area contributed by atoms with Crippen molar-refractivity contribution in [2.45, 2.75) is 44.4 Å².